The van der Waals surface area contributed by atoms with Gasteiger partial charge in [0.05, 0.1) is 18.0 Å². The molecular weight excluding hydrogens is 240 g/mol. The van der Waals surface area contributed by atoms with Crippen LogP contribution in [0.5, 0.6) is 0 Å². The summed E-state index contributed by atoms with van der Waals surface area (Å²) in [5.74, 6) is -0.561. The van der Waals surface area contributed by atoms with Gasteiger partial charge in [-0.05, 0) is 6.92 Å². The van der Waals surface area contributed by atoms with Crippen molar-refractivity contribution < 1.29 is 19.2 Å². The Labute approximate surface area is 102 Å². The molecule has 0 amide bonds. The molecule has 0 radical (unpaired) electrons. The maximum absolute atomic E-state index is 11.0. The highest BCUT2D eigenvalue weighted by molar-refractivity contribution is 5.86. The van der Waals surface area contributed by atoms with Gasteiger partial charge in [0.1, 0.15) is 6.54 Å². The summed E-state index contributed by atoms with van der Waals surface area (Å²) in [5.41, 5.74) is 1.02. The molecule has 2 aromatic heterocycles. The molecule has 0 aliphatic carbocycles. The van der Waals surface area contributed by atoms with E-state index in [1.807, 2.05) is 0 Å². The van der Waals surface area contributed by atoms with Gasteiger partial charge in [-0.25, -0.2) is 9.48 Å². The van der Waals surface area contributed by atoms with E-state index in [4.69, 9.17) is 14.4 Å². The first-order valence-electron chi connectivity index (χ1n) is 5.18. The highest BCUT2D eigenvalue weighted by Gasteiger charge is 2.19. The molecule has 2 rings (SSSR count). The van der Waals surface area contributed by atoms with Crippen LogP contribution in [0.1, 0.15) is 27.6 Å². The second-order valence-electron chi connectivity index (χ2n) is 3.72. The monoisotopic (exact) mass is 252 g/mol. The quantitative estimate of drug-likeness (QED) is 0.824. The van der Waals surface area contributed by atoms with E-state index in [0.29, 0.717) is 11.5 Å². The Bertz CT molecular complexity index is 560. The summed E-state index contributed by atoms with van der Waals surface area (Å²) >= 11 is 0. The Morgan fingerprint density at radius 1 is 1.61 bits per heavy atom. The third-order valence-electron chi connectivity index (χ3n) is 2.30. The van der Waals surface area contributed by atoms with Crippen molar-refractivity contribution >= 4 is 5.97 Å². The number of aromatic carboxylic acids is 1. The number of rotatable bonds is 5. The third-order valence-corrected chi connectivity index (χ3v) is 2.30. The topological polar surface area (TPSA) is 103 Å². The molecule has 96 valence electrons. The summed E-state index contributed by atoms with van der Waals surface area (Å²) in [4.78, 5) is 11.0. The second-order valence-corrected chi connectivity index (χ2v) is 3.72. The summed E-state index contributed by atoms with van der Waals surface area (Å²) < 4.78 is 11.4. The van der Waals surface area contributed by atoms with Gasteiger partial charge in [-0.15, -0.1) is 5.10 Å². The number of carboxylic acids is 1. The summed E-state index contributed by atoms with van der Waals surface area (Å²) in [7, 11) is 1.47. The van der Waals surface area contributed by atoms with Crippen LogP contribution in [0.4, 0.5) is 0 Å². The van der Waals surface area contributed by atoms with Gasteiger partial charge in [0.15, 0.2) is 11.5 Å². The lowest BCUT2D eigenvalue weighted by atomic mass is 10.3. The molecule has 8 heteroatoms. The van der Waals surface area contributed by atoms with Gasteiger partial charge < -0.3 is 14.4 Å². The summed E-state index contributed by atoms with van der Waals surface area (Å²) in [5, 5.41) is 20.1. The van der Waals surface area contributed by atoms with Gasteiger partial charge in [0.2, 0.25) is 0 Å². The molecule has 0 aliphatic heterocycles. The fourth-order valence-electron chi connectivity index (χ4n) is 1.54. The first-order valence-corrected chi connectivity index (χ1v) is 5.18. The number of hydrogen-bond donors (Lipinski definition) is 1. The number of aryl methyl sites for hydroxylation is 1. The number of ether oxygens (including phenoxy) is 1. The number of nitrogens with zero attached hydrogens (tertiary/aromatic N) is 4. The fraction of sp³-hybridized carbons (Fsp3) is 0.400. The smallest absolute Gasteiger partial charge is 0.358 e. The number of carbonyl (C=O) groups is 1. The van der Waals surface area contributed by atoms with Crippen molar-refractivity contribution in [2.24, 2.45) is 0 Å². The van der Waals surface area contributed by atoms with Crippen molar-refractivity contribution in [3.8, 4) is 0 Å². The van der Waals surface area contributed by atoms with Gasteiger partial charge in [0.25, 0.3) is 0 Å². The first-order chi connectivity index (χ1) is 8.61. The highest BCUT2D eigenvalue weighted by atomic mass is 16.5. The van der Waals surface area contributed by atoms with Crippen LogP contribution >= 0.6 is 0 Å². The Balaban J connectivity index is 2.29. The molecule has 0 fully saturated rings. The van der Waals surface area contributed by atoms with E-state index < -0.39 is 5.97 Å². The average Bonchev–Trinajstić information content (AvgIpc) is 2.88. The predicted molar refractivity (Wildman–Crippen MR) is 58.0 cm³/mol. The Morgan fingerprint density at radius 3 is 2.94 bits per heavy atom. The van der Waals surface area contributed by atoms with Crippen molar-refractivity contribution in [3.05, 3.63) is 28.9 Å². The lowest BCUT2D eigenvalue weighted by Gasteiger charge is -2.03. The SMILES string of the molecule is COCc1c(C(=O)O)nnn1Cc1cc(C)no1. The Hall–Kier alpha value is -2.22. The Kier molecular flexibility index (Phi) is 3.38. The first kappa shape index (κ1) is 12.2. The van der Waals surface area contributed by atoms with Crippen LogP contribution in [0.3, 0.4) is 0 Å². The van der Waals surface area contributed by atoms with Crippen LogP contribution in [0.25, 0.3) is 0 Å². The molecule has 0 spiro atoms. The van der Waals surface area contributed by atoms with Crippen molar-refractivity contribution in [2.75, 3.05) is 7.11 Å². The molecule has 2 heterocycles. The van der Waals surface area contributed by atoms with E-state index in [-0.39, 0.29) is 18.8 Å². The lowest BCUT2D eigenvalue weighted by molar-refractivity contribution is 0.0684. The molecule has 1 N–H and O–H groups in total. The number of hydrogen-bond acceptors (Lipinski definition) is 6. The van der Waals surface area contributed by atoms with Crippen LogP contribution in [-0.4, -0.2) is 38.3 Å². The molecule has 0 saturated heterocycles. The number of aromatic nitrogens is 4. The van der Waals surface area contributed by atoms with Gasteiger partial charge >= 0.3 is 5.97 Å². The molecule has 18 heavy (non-hydrogen) atoms. The minimum absolute atomic E-state index is 0.113. The summed E-state index contributed by atoms with van der Waals surface area (Å²) in [6.07, 6.45) is 0. The van der Waals surface area contributed by atoms with E-state index in [2.05, 4.69) is 15.5 Å². The molecule has 8 nitrogen and oxygen atoms in total. The molecular formula is C10H12N4O4. The maximum atomic E-state index is 11.0. The van der Waals surface area contributed by atoms with Crippen molar-refractivity contribution in [1.29, 1.82) is 0 Å². The predicted octanol–water partition coefficient (Wildman–Crippen LogP) is 0.467. The van der Waals surface area contributed by atoms with E-state index in [1.54, 1.807) is 13.0 Å². The zero-order valence-electron chi connectivity index (χ0n) is 9.95. The Morgan fingerprint density at radius 2 is 2.39 bits per heavy atom. The van der Waals surface area contributed by atoms with Crippen molar-refractivity contribution in [1.82, 2.24) is 20.2 Å². The summed E-state index contributed by atoms with van der Waals surface area (Å²) in [6.45, 7) is 2.18. The molecule has 0 saturated carbocycles. The van der Waals surface area contributed by atoms with E-state index in [9.17, 15) is 4.79 Å². The van der Waals surface area contributed by atoms with E-state index in [1.165, 1.54) is 11.8 Å². The molecule has 0 aliphatic rings. The molecule has 0 aromatic carbocycles. The van der Waals surface area contributed by atoms with Gasteiger partial charge in [-0.1, -0.05) is 10.4 Å². The van der Waals surface area contributed by atoms with E-state index >= 15 is 0 Å². The fourth-order valence-corrected chi connectivity index (χ4v) is 1.54. The zero-order chi connectivity index (χ0) is 13.1. The highest BCUT2D eigenvalue weighted by Crippen LogP contribution is 2.11. The van der Waals surface area contributed by atoms with Gasteiger partial charge in [0, 0.05) is 13.2 Å². The molecule has 0 atom stereocenters. The van der Waals surface area contributed by atoms with Gasteiger partial charge in [-0.3, -0.25) is 0 Å². The molecule has 0 unspecified atom stereocenters. The number of carboxylic acid groups (broad SMARTS) is 1. The second kappa shape index (κ2) is 4.96. The van der Waals surface area contributed by atoms with Crippen LogP contribution < -0.4 is 0 Å². The standard InChI is InChI=1S/C10H12N4O4/c1-6-3-7(18-12-6)4-14-8(5-17-2)9(10(15)16)11-13-14/h3H,4-5H2,1-2H3,(H,15,16). The number of methoxy groups -OCH3 is 1. The summed E-state index contributed by atoms with van der Waals surface area (Å²) in [6, 6.07) is 1.75. The van der Waals surface area contributed by atoms with Crippen LogP contribution in [-0.2, 0) is 17.9 Å². The van der Waals surface area contributed by atoms with Crippen molar-refractivity contribution in [2.45, 2.75) is 20.1 Å². The van der Waals surface area contributed by atoms with Gasteiger partial charge in [-0.2, -0.15) is 0 Å². The largest absolute Gasteiger partial charge is 0.476 e. The zero-order valence-corrected chi connectivity index (χ0v) is 9.95. The van der Waals surface area contributed by atoms with Crippen LogP contribution in [0, 0.1) is 6.92 Å². The normalized spacial score (nSPS) is 10.8. The van der Waals surface area contributed by atoms with E-state index in [0.717, 1.165) is 5.69 Å². The lowest BCUT2D eigenvalue weighted by Crippen LogP contribution is -2.10. The van der Waals surface area contributed by atoms with Crippen molar-refractivity contribution in [3.63, 3.8) is 0 Å². The third kappa shape index (κ3) is 2.38. The van der Waals surface area contributed by atoms with Crippen LogP contribution in [0.15, 0.2) is 10.6 Å². The molecule has 2 aromatic rings. The van der Waals surface area contributed by atoms with Crippen LogP contribution in [0.2, 0.25) is 0 Å². The minimum Gasteiger partial charge on any atom is -0.476 e. The maximum Gasteiger partial charge on any atom is 0.358 e. The molecule has 0 bridgehead atoms. The average molecular weight is 252 g/mol. The minimum atomic E-state index is -1.14.